The van der Waals surface area contributed by atoms with E-state index in [0.29, 0.717) is 0 Å². The fraction of sp³-hybridized carbons (Fsp3) is 0.188. The van der Waals surface area contributed by atoms with Gasteiger partial charge in [-0.25, -0.2) is 0 Å². The Morgan fingerprint density at radius 1 is 1.32 bits per heavy atom. The highest BCUT2D eigenvalue weighted by Gasteiger charge is 2.12. The molecule has 19 heavy (non-hydrogen) atoms. The first kappa shape index (κ1) is 13.6. The van der Waals surface area contributed by atoms with E-state index >= 15 is 0 Å². The molecule has 0 saturated heterocycles. The molecule has 98 valence electrons. The molecule has 0 saturated carbocycles. The number of methoxy groups -OCH3 is 1. The molecule has 0 spiro atoms. The fourth-order valence-electron chi connectivity index (χ4n) is 1.73. The summed E-state index contributed by atoms with van der Waals surface area (Å²) < 4.78 is 5.17. The maximum Gasteiger partial charge on any atom is 0.179 e. The lowest BCUT2D eigenvalue weighted by Crippen LogP contribution is -2.06. The van der Waals surface area contributed by atoms with Crippen LogP contribution in [0.5, 0.6) is 5.75 Å². The molecule has 2 rings (SSSR count). The van der Waals surface area contributed by atoms with Gasteiger partial charge in [-0.15, -0.1) is 11.3 Å². The fourth-order valence-corrected chi connectivity index (χ4v) is 2.49. The molecule has 0 bridgehead atoms. The van der Waals surface area contributed by atoms with E-state index in [1.54, 1.807) is 7.11 Å². The lowest BCUT2D eigenvalue weighted by atomic mass is 10.0. The lowest BCUT2D eigenvalue weighted by molar-refractivity contribution is 0.0957. The highest BCUT2D eigenvalue weighted by molar-refractivity contribution is 7.12. The molecule has 0 aliphatic heterocycles. The Labute approximate surface area is 117 Å². The van der Waals surface area contributed by atoms with Gasteiger partial charge in [0.15, 0.2) is 5.78 Å². The molecule has 1 aromatic heterocycles. The van der Waals surface area contributed by atoms with Crippen LogP contribution in [0, 0.1) is 5.92 Å². The van der Waals surface area contributed by atoms with Crippen molar-refractivity contribution < 1.29 is 9.53 Å². The number of ketones is 1. The van der Waals surface area contributed by atoms with Crippen LogP contribution in [-0.4, -0.2) is 12.9 Å². The monoisotopic (exact) mass is 272 g/mol. The van der Waals surface area contributed by atoms with Crippen molar-refractivity contribution >= 4 is 23.2 Å². The van der Waals surface area contributed by atoms with Crippen molar-refractivity contribution in [3.05, 3.63) is 58.3 Å². The Bertz CT molecular complexity index is 570. The summed E-state index contributed by atoms with van der Waals surface area (Å²) in [5.41, 5.74) is 1.03. The van der Waals surface area contributed by atoms with Crippen molar-refractivity contribution in [2.45, 2.75) is 6.92 Å². The summed E-state index contributed by atoms with van der Waals surface area (Å²) in [6, 6.07) is 11.5. The number of carbonyl (C=O) groups excluding carboxylic acids is 1. The first-order valence-corrected chi connectivity index (χ1v) is 6.98. The molecule has 2 nitrogen and oxygen atoms in total. The second-order valence-electron chi connectivity index (χ2n) is 4.27. The molecular formula is C16H16O2S. The van der Waals surface area contributed by atoms with E-state index in [0.717, 1.165) is 16.2 Å². The number of benzene rings is 1. The van der Waals surface area contributed by atoms with Crippen molar-refractivity contribution in [2.75, 3.05) is 7.11 Å². The molecule has 1 heterocycles. The summed E-state index contributed by atoms with van der Waals surface area (Å²) in [5.74, 6) is 0.860. The van der Waals surface area contributed by atoms with Gasteiger partial charge in [-0.3, -0.25) is 4.79 Å². The van der Waals surface area contributed by atoms with Crippen LogP contribution in [0.1, 0.15) is 22.2 Å². The van der Waals surface area contributed by atoms with Crippen molar-refractivity contribution in [3.63, 3.8) is 0 Å². The Morgan fingerprint density at radius 3 is 2.84 bits per heavy atom. The number of carbonyl (C=O) groups is 1. The first-order valence-electron chi connectivity index (χ1n) is 6.10. The van der Waals surface area contributed by atoms with Crippen molar-refractivity contribution in [1.82, 2.24) is 0 Å². The average molecular weight is 272 g/mol. The van der Waals surface area contributed by atoms with Crippen molar-refractivity contribution in [1.29, 1.82) is 0 Å². The maximum absolute atomic E-state index is 12.1. The minimum atomic E-state index is -0.121. The zero-order chi connectivity index (χ0) is 13.7. The van der Waals surface area contributed by atoms with Gasteiger partial charge in [0, 0.05) is 5.92 Å². The van der Waals surface area contributed by atoms with E-state index in [4.69, 9.17) is 4.74 Å². The molecular weight excluding hydrogens is 256 g/mol. The summed E-state index contributed by atoms with van der Waals surface area (Å²) in [6.07, 6.45) is 3.88. The van der Waals surface area contributed by atoms with Crippen LogP contribution in [0.25, 0.3) is 6.08 Å². The molecule has 0 radical (unpaired) electrons. The zero-order valence-corrected chi connectivity index (χ0v) is 11.8. The van der Waals surface area contributed by atoms with Crippen molar-refractivity contribution in [2.24, 2.45) is 5.92 Å². The molecule has 1 atom stereocenters. The number of hydrogen-bond acceptors (Lipinski definition) is 3. The van der Waals surface area contributed by atoms with Gasteiger partial charge < -0.3 is 4.74 Å². The number of Topliss-reactive ketones (excluding diaryl/α,β-unsaturated/α-hetero) is 1. The van der Waals surface area contributed by atoms with Gasteiger partial charge in [-0.1, -0.05) is 37.3 Å². The minimum absolute atomic E-state index is 0.121. The SMILES string of the molecule is COc1cccc(/C=C/C(C)C(=O)c2cccs2)c1. The van der Waals surface area contributed by atoms with E-state index in [9.17, 15) is 4.79 Å². The maximum atomic E-state index is 12.1. The summed E-state index contributed by atoms with van der Waals surface area (Å²) in [5, 5.41) is 1.92. The Hall–Kier alpha value is -1.87. The highest BCUT2D eigenvalue weighted by atomic mass is 32.1. The van der Waals surface area contributed by atoms with Gasteiger partial charge in [-0.2, -0.15) is 0 Å². The van der Waals surface area contributed by atoms with Crippen molar-refractivity contribution in [3.8, 4) is 5.75 Å². The van der Waals surface area contributed by atoms with Gasteiger partial charge in [0.2, 0.25) is 0 Å². The third kappa shape index (κ3) is 3.55. The van der Waals surface area contributed by atoms with Crippen LogP contribution >= 0.6 is 11.3 Å². The molecule has 1 aromatic carbocycles. The largest absolute Gasteiger partial charge is 0.497 e. The normalized spacial score (nSPS) is 12.5. The molecule has 0 N–H and O–H groups in total. The second-order valence-corrected chi connectivity index (χ2v) is 5.21. The van der Waals surface area contributed by atoms with Crippen LogP contribution in [0.3, 0.4) is 0 Å². The molecule has 2 aromatic rings. The topological polar surface area (TPSA) is 26.3 Å². The predicted octanol–water partition coefficient (Wildman–Crippen LogP) is 4.29. The van der Waals surface area contributed by atoms with Crippen LogP contribution in [0.2, 0.25) is 0 Å². The first-order chi connectivity index (χ1) is 9.20. The zero-order valence-electron chi connectivity index (χ0n) is 11.0. The van der Waals surface area contributed by atoms with Gasteiger partial charge in [0.25, 0.3) is 0 Å². The predicted molar refractivity (Wildman–Crippen MR) is 79.8 cm³/mol. The second kappa shape index (κ2) is 6.34. The standard InChI is InChI=1S/C16H16O2S/c1-12(16(17)15-7-4-10-19-15)8-9-13-5-3-6-14(11-13)18-2/h3-12H,1-2H3/b9-8+. The number of allylic oxidation sites excluding steroid dienone is 1. The average Bonchev–Trinajstić information content (AvgIpc) is 2.98. The molecule has 0 aliphatic carbocycles. The Morgan fingerprint density at radius 2 is 2.16 bits per heavy atom. The number of ether oxygens (including phenoxy) is 1. The van der Waals surface area contributed by atoms with Crippen LogP contribution < -0.4 is 4.74 Å². The van der Waals surface area contributed by atoms with Crippen LogP contribution in [0.15, 0.2) is 47.9 Å². The quantitative estimate of drug-likeness (QED) is 0.759. The van der Waals surface area contributed by atoms with E-state index in [-0.39, 0.29) is 11.7 Å². The van der Waals surface area contributed by atoms with Gasteiger partial charge >= 0.3 is 0 Å². The smallest absolute Gasteiger partial charge is 0.179 e. The summed E-state index contributed by atoms with van der Waals surface area (Å²) in [6.45, 7) is 1.92. The van der Waals surface area contributed by atoms with E-state index in [1.807, 2.05) is 60.9 Å². The van der Waals surface area contributed by atoms with Gasteiger partial charge in [0.05, 0.1) is 12.0 Å². The molecule has 0 amide bonds. The lowest BCUT2D eigenvalue weighted by Gasteiger charge is -2.04. The third-order valence-electron chi connectivity index (χ3n) is 2.85. The minimum Gasteiger partial charge on any atom is -0.497 e. The summed E-state index contributed by atoms with van der Waals surface area (Å²) >= 11 is 1.48. The molecule has 1 unspecified atom stereocenters. The van der Waals surface area contributed by atoms with Gasteiger partial charge in [-0.05, 0) is 29.1 Å². The molecule has 0 aliphatic rings. The van der Waals surface area contributed by atoms with Crippen LogP contribution in [0.4, 0.5) is 0 Å². The Kier molecular flexibility index (Phi) is 4.53. The van der Waals surface area contributed by atoms with E-state index < -0.39 is 0 Å². The number of hydrogen-bond donors (Lipinski definition) is 0. The number of rotatable bonds is 5. The molecule has 3 heteroatoms. The molecule has 0 fully saturated rings. The summed E-state index contributed by atoms with van der Waals surface area (Å²) in [4.78, 5) is 12.9. The van der Waals surface area contributed by atoms with E-state index in [1.165, 1.54) is 11.3 Å². The van der Waals surface area contributed by atoms with E-state index in [2.05, 4.69) is 0 Å². The summed E-state index contributed by atoms with van der Waals surface area (Å²) in [7, 11) is 1.64. The Balaban J connectivity index is 2.07. The number of thiophene rings is 1. The third-order valence-corrected chi connectivity index (χ3v) is 3.73. The highest BCUT2D eigenvalue weighted by Crippen LogP contribution is 2.18. The van der Waals surface area contributed by atoms with Gasteiger partial charge in [0.1, 0.15) is 5.75 Å². The van der Waals surface area contributed by atoms with Crippen LogP contribution in [-0.2, 0) is 0 Å².